The Morgan fingerprint density at radius 2 is 2.27 bits per heavy atom. The predicted molar refractivity (Wildman–Crippen MR) is 105 cm³/mol. The zero-order valence-corrected chi connectivity index (χ0v) is 16.6. The van der Waals surface area contributed by atoms with E-state index in [2.05, 4.69) is 32.0 Å². The van der Waals surface area contributed by atoms with Crippen molar-refractivity contribution in [3.63, 3.8) is 0 Å². The van der Waals surface area contributed by atoms with Gasteiger partial charge in [0.2, 0.25) is 5.91 Å². The van der Waals surface area contributed by atoms with E-state index in [9.17, 15) is 4.79 Å². The van der Waals surface area contributed by atoms with Gasteiger partial charge in [-0.15, -0.1) is 11.3 Å². The van der Waals surface area contributed by atoms with Gasteiger partial charge in [0.05, 0.1) is 22.2 Å². The molecule has 2 aliphatic rings. The molecule has 0 bridgehead atoms. The van der Waals surface area contributed by atoms with Crippen molar-refractivity contribution < 1.29 is 4.79 Å². The molecule has 134 valence electrons. The summed E-state index contributed by atoms with van der Waals surface area (Å²) in [6.45, 7) is 0.725. The van der Waals surface area contributed by atoms with E-state index in [0.29, 0.717) is 6.42 Å². The van der Waals surface area contributed by atoms with E-state index in [0.717, 1.165) is 56.4 Å². The van der Waals surface area contributed by atoms with Crippen LogP contribution in [0.2, 0.25) is 0 Å². The number of aromatic nitrogens is 3. The van der Waals surface area contributed by atoms with E-state index in [1.54, 1.807) is 17.7 Å². The van der Waals surface area contributed by atoms with E-state index in [-0.39, 0.29) is 11.9 Å². The molecule has 1 saturated carbocycles. The number of H-pyrrole nitrogens is 1. The molecule has 1 N–H and O–H groups in total. The second kappa shape index (κ2) is 6.46. The number of fused-ring (bicyclic) bond motifs is 2. The van der Waals surface area contributed by atoms with Crippen molar-refractivity contribution in [3.8, 4) is 0 Å². The summed E-state index contributed by atoms with van der Waals surface area (Å²) in [7, 11) is 0. The number of carbonyl (C=O) groups excluding carboxylic acids is 1. The average molecular weight is 431 g/mol. The lowest BCUT2D eigenvalue weighted by molar-refractivity contribution is -0.133. The first-order valence-electron chi connectivity index (χ1n) is 9.06. The van der Waals surface area contributed by atoms with E-state index >= 15 is 0 Å². The minimum Gasteiger partial charge on any atom is -0.348 e. The van der Waals surface area contributed by atoms with Gasteiger partial charge < -0.3 is 9.88 Å². The highest BCUT2D eigenvalue weighted by atomic mass is 79.9. The average Bonchev–Trinajstić information content (AvgIpc) is 3.18. The minimum absolute atomic E-state index is 0.173. The number of carbonyl (C=O) groups is 1. The molecule has 0 radical (unpaired) electrons. The zero-order valence-electron chi connectivity index (χ0n) is 14.2. The molecular formula is C19H19BrN4OS. The van der Waals surface area contributed by atoms with Crippen LogP contribution < -0.4 is 0 Å². The molecule has 1 aliphatic carbocycles. The summed E-state index contributed by atoms with van der Waals surface area (Å²) in [5.74, 6) is 0.999. The smallest absolute Gasteiger partial charge is 0.223 e. The molecule has 1 amide bonds. The van der Waals surface area contributed by atoms with Crippen molar-refractivity contribution in [1.29, 1.82) is 0 Å². The van der Waals surface area contributed by atoms with Crippen molar-refractivity contribution in [2.24, 2.45) is 5.92 Å². The first kappa shape index (κ1) is 16.4. The molecule has 1 fully saturated rings. The van der Waals surface area contributed by atoms with Gasteiger partial charge in [-0.1, -0.05) is 28.8 Å². The Balaban J connectivity index is 1.52. The number of halogens is 1. The van der Waals surface area contributed by atoms with Gasteiger partial charge in [-0.05, 0) is 30.5 Å². The number of hydrogen-bond donors (Lipinski definition) is 1. The van der Waals surface area contributed by atoms with Crippen LogP contribution in [-0.2, 0) is 11.2 Å². The first-order chi connectivity index (χ1) is 12.7. The van der Waals surface area contributed by atoms with Gasteiger partial charge in [-0.2, -0.15) is 0 Å². The van der Waals surface area contributed by atoms with Crippen LogP contribution in [0.1, 0.15) is 48.1 Å². The lowest BCUT2D eigenvalue weighted by atomic mass is 10.0. The summed E-state index contributed by atoms with van der Waals surface area (Å²) < 4.78 is 2.17. The number of hydrogen-bond acceptors (Lipinski definition) is 4. The lowest BCUT2D eigenvalue weighted by Gasteiger charge is -2.33. The molecule has 26 heavy (non-hydrogen) atoms. The topological polar surface area (TPSA) is 61.9 Å². The highest BCUT2D eigenvalue weighted by molar-refractivity contribution is 9.10. The Morgan fingerprint density at radius 1 is 1.38 bits per heavy atom. The second-order valence-electron chi connectivity index (χ2n) is 7.15. The molecule has 5 rings (SSSR count). The molecule has 1 aromatic carbocycles. The SMILES string of the molecule is O=C(CCC1CC1)N1CCc2[nH]cnc2[C@H]1c1nc2ccc(Br)cc2s1. The number of nitrogens with zero attached hydrogens (tertiary/aromatic N) is 3. The third-order valence-electron chi connectivity index (χ3n) is 5.31. The van der Waals surface area contributed by atoms with Gasteiger partial charge in [-0.25, -0.2) is 9.97 Å². The Hall–Kier alpha value is -1.73. The van der Waals surface area contributed by atoms with Gasteiger partial charge in [0, 0.05) is 29.6 Å². The zero-order chi connectivity index (χ0) is 17.7. The Morgan fingerprint density at radius 3 is 3.12 bits per heavy atom. The number of aromatic amines is 1. The van der Waals surface area contributed by atoms with Crippen LogP contribution in [0.15, 0.2) is 29.0 Å². The maximum Gasteiger partial charge on any atom is 0.223 e. The fourth-order valence-electron chi connectivity index (χ4n) is 3.71. The molecule has 0 saturated heterocycles. The van der Waals surface area contributed by atoms with E-state index in [1.165, 1.54) is 12.8 Å². The van der Waals surface area contributed by atoms with Gasteiger partial charge in [0.1, 0.15) is 11.0 Å². The van der Waals surface area contributed by atoms with Crippen molar-refractivity contribution in [2.45, 2.75) is 38.1 Å². The second-order valence-corrected chi connectivity index (χ2v) is 9.13. The molecule has 0 spiro atoms. The van der Waals surface area contributed by atoms with Crippen LogP contribution in [0.25, 0.3) is 10.2 Å². The van der Waals surface area contributed by atoms with Gasteiger partial charge in [0.15, 0.2) is 0 Å². The summed E-state index contributed by atoms with van der Waals surface area (Å²) in [6, 6.07) is 5.94. The normalized spacial score (nSPS) is 19.7. The van der Waals surface area contributed by atoms with Crippen molar-refractivity contribution in [1.82, 2.24) is 19.9 Å². The number of imidazole rings is 1. The summed E-state index contributed by atoms with van der Waals surface area (Å²) in [6.07, 6.45) is 6.79. The van der Waals surface area contributed by atoms with Crippen molar-refractivity contribution >= 4 is 43.4 Å². The number of rotatable bonds is 4. The fourth-order valence-corrected chi connectivity index (χ4v) is 5.34. The third-order valence-corrected chi connectivity index (χ3v) is 6.87. The standard InChI is InChI=1S/C19H19BrN4OS/c20-12-4-5-13-15(9-12)26-19(23-13)18-17-14(21-10-22-17)7-8-24(18)16(25)6-3-11-1-2-11/h4-5,9-11,18H,1-3,6-8H2,(H,21,22)/t18-/m0/s1. The van der Waals surface area contributed by atoms with Crippen LogP contribution in [0.4, 0.5) is 0 Å². The van der Waals surface area contributed by atoms with Gasteiger partial charge in [-0.3, -0.25) is 4.79 Å². The molecule has 1 aliphatic heterocycles. The van der Waals surface area contributed by atoms with Crippen LogP contribution in [-0.4, -0.2) is 32.3 Å². The molecule has 2 aromatic heterocycles. The number of thiazole rings is 1. The number of amides is 1. The predicted octanol–water partition coefficient (Wildman–Crippen LogP) is 4.45. The Labute approximate surface area is 164 Å². The molecule has 7 heteroatoms. The van der Waals surface area contributed by atoms with Crippen LogP contribution in [0.3, 0.4) is 0 Å². The highest BCUT2D eigenvalue weighted by Gasteiger charge is 2.36. The van der Waals surface area contributed by atoms with Gasteiger partial charge in [0.25, 0.3) is 0 Å². The van der Waals surface area contributed by atoms with E-state index in [1.807, 2.05) is 17.0 Å². The summed E-state index contributed by atoms with van der Waals surface area (Å²) in [5.41, 5.74) is 3.05. The molecule has 0 unspecified atom stereocenters. The van der Waals surface area contributed by atoms with Crippen molar-refractivity contribution in [3.05, 3.63) is 45.4 Å². The number of nitrogens with one attached hydrogen (secondary N) is 1. The maximum absolute atomic E-state index is 13.0. The Kier molecular flexibility index (Phi) is 4.09. The van der Waals surface area contributed by atoms with E-state index < -0.39 is 0 Å². The summed E-state index contributed by atoms with van der Waals surface area (Å²) in [5, 5.41) is 0.950. The first-order valence-corrected chi connectivity index (χ1v) is 10.7. The lowest BCUT2D eigenvalue weighted by Crippen LogP contribution is -2.40. The minimum atomic E-state index is -0.173. The molecule has 5 nitrogen and oxygen atoms in total. The molecular weight excluding hydrogens is 412 g/mol. The molecule has 3 aromatic rings. The molecule has 3 heterocycles. The highest BCUT2D eigenvalue weighted by Crippen LogP contribution is 2.39. The third kappa shape index (κ3) is 2.97. The van der Waals surface area contributed by atoms with Crippen molar-refractivity contribution in [2.75, 3.05) is 6.54 Å². The maximum atomic E-state index is 13.0. The molecule has 1 atom stereocenters. The van der Waals surface area contributed by atoms with Crippen LogP contribution in [0, 0.1) is 5.92 Å². The van der Waals surface area contributed by atoms with Crippen LogP contribution >= 0.6 is 27.3 Å². The summed E-state index contributed by atoms with van der Waals surface area (Å²) >= 11 is 5.18. The Bertz CT molecular complexity index is 977. The fraction of sp³-hybridized carbons (Fsp3) is 0.421. The quantitative estimate of drug-likeness (QED) is 0.664. The monoisotopic (exact) mass is 430 g/mol. The number of benzene rings is 1. The van der Waals surface area contributed by atoms with E-state index in [4.69, 9.17) is 4.98 Å². The van der Waals surface area contributed by atoms with Crippen LogP contribution in [0.5, 0.6) is 0 Å². The summed E-state index contributed by atoms with van der Waals surface area (Å²) in [4.78, 5) is 27.6. The van der Waals surface area contributed by atoms with Gasteiger partial charge >= 0.3 is 0 Å². The largest absolute Gasteiger partial charge is 0.348 e.